The van der Waals surface area contributed by atoms with E-state index in [0.29, 0.717) is 0 Å². The van der Waals surface area contributed by atoms with Gasteiger partial charge in [0, 0.05) is 10.2 Å². The number of fused-ring (bicyclic) bond motifs is 2. The first kappa shape index (κ1) is 14.3. The number of rotatable bonds is 3. The number of aliphatic carboxylic acids is 1. The van der Waals surface area contributed by atoms with E-state index in [1.807, 2.05) is 37.3 Å². The molecule has 21 heavy (non-hydrogen) atoms. The first-order chi connectivity index (χ1) is 9.99. The number of carbonyl (C=O) groups excluding carboxylic acids is 1. The van der Waals surface area contributed by atoms with Crippen molar-refractivity contribution in [2.75, 3.05) is 5.32 Å². The molecule has 4 atom stereocenters. The van der Waals surface area contributed by atoms with Gasteiger partial charge < -0.3 is 10.4 Å². The molecule has 2 aliphatic rings. The van der Waals surface area contributed by atoms with Crippen LogP contribution in [0.4, 0.5) is 5.69 Å². The second-order valence-corrected chi connectivity index (χ2v) is 6.59. The number of allylic oxidation sites excluding steroid dienone is 2. The molecule has 0 saturated heterocycles. The fourth-order valence-electron chi connectivity index (χ4n) is 3.48. The largest absolute Gasteiger partial charge is 0.481 e. The minimum absolute atomic E-state index is 0.00754. The molecule has 0 spiro atoms. The average molecular weight is 350 g/mol. The summed E-state index contributed by atoms with van der Waals surface area (Å²) < 4.78 is 0.919. The van der Waals surface area contributed by atoms with Crippen molar-refractivity contribution in [3.63, 3.8) is 0 Å². The predicted octanol–water partition coefficient (Wildman–Crippen LogP) is 3.22. The lowest BCUT2D eigenvalue weighted by Gasteiger charge is -2.24. The number of anilines is 1. The van der Waals surface area contributed by atoms with Crippen LogP contribution >= 0.6 is 15.9 Å². The van der Waals surface area contributed by atoms with Crippen molar-refractivity contribution in [2.45, 2.75) is 13.3 Å². The maximum absolute atomic E-state index is 12.6. The van der Waals surface area contributed by atoms with Gasteiger partial charge in [0.1, 0.15) is 0 Å². The fraction of sp³-hybridized carbons (Fsp3) is 0.375. The number of amides is 1. The Morgan fingerprint density at radius 2 is 1.90 bits per heavy atom. The molecule has 0 aromatic heterocycles. The summed E-state index contributed by atoms with van der Waals surface area (Å²) in [6.45, 7) is 1.91. The monoisotopic (exact) mass is 349 g/mol. The summed E-state index contributed by atoms with van der Waals surface area (Å²) in [5.41, 5.74) is 1.67. The molecule has 2 bridgehead atoms. The molecule has 1 aromatic carbocycles. The highest BCUT2D eigenvalue weighted by Gasteiger charge is 2.51. The molecule has 1 amide bonds. The third-order valence-electron chi connectivity index (χ3n) is 4.57. The Labute approximate surface area is 131 Å². The summed E-state index contributed by atoms with van der Waals surface area (Å²) in [4.78, 5) is 24.0. The molecule has 0 heterocycles. The fourth-order valence-corrected chi connectivity index (χ4v) is 3.84. The summed E-state index contributed by atoms with van der Waals surface area (Å²) in [5, 5.41) is 12.3. The van der Waals surface area contributed by atoms with Crippen LogP contribution in [0.2, 0.25) is 0 Å². The summed E-state index contributed by atoms with van der Waals surface area (Å²) in [5.74, 6) is -2.11. The minimum Gasteiger partial charge on any atom is -0.481 e. The van der Waals surface area contributed by atoms with Gasteiger partial charge >= 0.3 is 5.97 Å². The number of carbonyl (C=O) groups is 2. The molecule has 2 unspecified atom stereocenters. The standard InChI is InChI=1S/C16H16BrNO3/c1-8-11(17)3-2-4-12(8)18-15(19)13-9-5-6-10(7-9)14(13)16(20)21/h2-6,9-10,13-14H,7H2,1H3,(H,18,19)(H,20,21)/t9?,10?,13-,14+/m0/s1. The van der Waals surface area contributed by atoms with Crippen molar-refractivity contribution in [2.24, 2.45) is 23.7 Å². The van der Waals surface area contributed by atoms with E-state index in [1.165, 1.54) is 0 Å². The Bertz CT molecular complexity index is 640. The number of benzene rings is 1. The third kappa shape index (κ3) is 2.39. The van der Waals surface area contributed by atoms with Gasteiger partial charge in [-0.15, -0.1) is 0 Å². The van der Waals surface area contributed by atoms with E-state index in [9.17, 15) is 14.7 Å². The molecule has 4 nitrogen and oxygen atoms in total. The third-order valence-corrected chi connectivity index (χ3v) is 5.43. The molecule has 0 radical (unpaired) electrons. The Kier molecular flexibility index (Phi) is 3.61. The van der Waals surface area contributed by atoms with Gasteiger partial charge in [0.15, 0.2) is 0 Å². The van der Waals surface area contributed by atoms with Gasteiger partial charge in [0.2, 0.25) is 5.91 Å². The topological polar surface area (TPSA) is 66.4 Å². The second-order valence-electron chi connectivity index (χ2n) is 5.74. The zero-order valence-electron chi connectivity index (χ0n) is 11.5. The van der Waals surface area contributed by atoms with Crippen LogP contribution in [0.1, 0.15) is 12.0 Å². The van der Waals surface area contributed by atoms with Crippen LogP contribution in [0, 0.1) is 30.6 Å². The van der Waals surface area contributed by atoms with Gasteiger partial charge in [-0.2, -0.15) is 0 Å². The highest BCUT2D eigenvalue weighted by molar-refractivity contribution is 9.10. The zero-order chi connectivity index (χ0) is 15.1. The highest BCUT2D eigenvalue weighted by Crippen LogP contribution is 2.48. The number of halogens is 1. The van der Waals surface area contributed by atoms with Gasteiger partial charge in [-0.05, 0) is 42.9 Å². The van der Waals surface area contributed by atoms with E-state index >= 15 is 0 Å². The van der Waals surface area contributed by atoms with Crippen LogP contribution in [0.5, 0.6) is 0 Å². The van der Waals surface area contributed by atoms with Crippen molar-refractivity contribution < 1.29 is 14.7 Å². The molecule has 0 aliphatic heterocycles. The van der Waals surface area contributed by atoms with E-state index in [-0.39, 0.29) is 17.7 Å². The van der Waals surface area contributed by atoms with Crippen LogP contribution in [0.15, 0.2) is 34.8 Å². The van der Waals surface area contributed by atoms with E-state index in [4.69, 9.17) is 0 Å². The minimum atomic E-state index is -0.877. The number of nitrogens with one attached hydrogen (secondary N) is 1. The summed E-state index contributed by atoms with van der Waals surface area (Å²) >= 11 is 3.43. The quantitative estimate of drug-likeness (QED) is 0.823. The van der Waals surface area contributed by atoms with Crippen molar-refractivity contribution in [1.29, 1.82) is 0 Å². The second kappa shape index (κ2) is 5.30. The van der Waals surface area contributed by atoms with Crippen molar-refractivity contribution in [1.82, 2.24) is 0 Å². The molecule has 3 rings (SSSR count). The molecule has 110 valence electrons. The first-order valence-corrected chi connectivity index (χ1v) is 7.75. The normalized spacial score (nSPS) is 29.6. The first-order valence-electron chi connectivity index (χ1n) is 6.96. The predicted molar refractivity (Wildman–Crippen MR) is 82.9 cm³/mol. The number of hydrogen-bond acceptors (Lipinski definition) is 2. The Balaban J connectivity index is 1.84. The van der Waals surface area contributed by atoms with Crippen LogP contribution in [-0.2, 0) is 9.59 Å². The average Bonchev–Trinajstić information content (AvgIpc) is 3.04. The lowest BCUT2D eigenvalue weighted by atomic mass is 9.82. The van der Waals surface area contributed by atoms with Gasteiger partial charge in [-0.1, -0.05) is 34.1 Å². The van der Waals surface area contributed by atoms with E-state index in [1.54, 1.807) is 0 Å². The summed E-state index contributed by atoms with van der Waals surface area (Å²) in [6.07, 6.45) is 4.70. The Hall–Kier alpha value is -1.62. The molecule has 1 aromatic rings. The van der Waals surface area contributed by atoms with Crippen LogP contribution in [0.25, 0.3) is 0 Å². The molecule has 5 heteroatoms. The number of carboxylic acids is 1. The summed E-state index contributed by atoms with van der Waals surface area (Å²) in [7, 11) is 0. The van der Waals surface area contributed by atoms with Crippen molar-refractivity contribution in [3.05, 3.63) is 40.4 Å². The Morgan fingerprint density at radius 3 is 2.57 bits per heavy atom. The van der Waals surface area contributed by atoms with Gasteiger partial charge in [-0.3, -0.25) is 9.59 Å². The highest BCUT2D eigenvalue weighted by atomic mass is 79.9. The van der Waals surface area contributed by atoms with Gasteiger partial charge in [0.25, 0.3) is 0 Å². The van der Waals surface area contributed by atoms with Crippen molar-refractivity contribution in [3.8, 4) is 0 Å². The number of hydrogen-bond donors (Lipinski definition) is 2. The maximum atomic E-state index is 12.6. The SMILES string of the molecule is Cc1c(Br)cccc1NC(=O)[C@H]1C2C=CC(C2)[C@H]1C(=O)O. The molecule has 2 N–H and O–H groups in total. The smallest absolute Gasteiger partial charge is 0.307 e. The lowest BCUT2D eigenvalue weighted by Crippen LogP contribution is -2.36. The van der Waals surface area contributed by atoms with Crippen LogP contribution < -0.4 is 5.32 Å². The van der Waals surface area contributed by atoms with Crippen LogP contribution in [-0.4, -0.2) is 17.0 Å². The molecular formula is C16H16BrNO3. The molecule has 1 fully saturated rings. The maximum Gasteiger partial charge on any atom is 0.307 e. The van der Waals surface area contributed by atoms with Crippen molar-refractivity contribution >= 4 is 33.5 Å². The molecule has 1 saturated carbocycles. The van der Waals surface area contributed by atoms with E-state index < -0.39 is 17.8 Å². The van der Waals surface area contributed by atoms with Gasteiger partial charge in [0.05, 0.1) is 11.8 Å². The number of carboxylic acid groups (broad SMARTS) is 1. The summed E-state index contributed by atoms with van der Waals surface area (Å²) in [6, 6.07) is 5.59. The lowest BCUT2D eigenvalue weighted by molar-refractivity contribution is -0.146. The van der Waals surface area contributed by atoms with E-state index in [0.717, 1.165) is 22.1 Å². The molecular weight excluding hydrogens is 334 g/mol. The molecule has 2 aliphatic carbocycles. The Morgan fingerprint density at radius 1 is 1.24 bits per heavy atom. The van der Waals surface area contributed by atoms with Crippen LogP contribution in [0.3, 0.4) is 0 Å². The van der Waals surface area contributed by atoms with Gasteiger partial charge in [-0.25, -0.2) is 0 Å². The van der Waals surface area contributed by atoms with E-state index in [2.05, 4.69) is 21.2 Å². The zero-order valence-corrected chi connectivity index (χ0v) is 13.1.